The summed E-state index contributed by atoms with van der Waals surface area (Å²) in [4.78, 5) is 28.3. The summed E-state index contributed by atoms with van der Waals surface area (Å²) in [6.07, 6.45) is 3.76. The Morgan fingerprint density at radius 1 is 1.26 bits per heavy atom. The fraction of sp³-hybridized carbons (Fsp3) is 0.118. The van der Waals surface area contributed by atoms with Crippen molar-refractivity contribution in [2.24, 2.45) is 12.0 Å². The number of rotatable bonds is 3. The summed E-state index contributed by atoms with van der Waals surface area (Å²) < 4.78 is 1.94. The first-order chi connectivity index (χ1) is 11.0. The quantitative estimate of drug-likeness (QED) is 0.696. The van der Waals surface area contributed by atoms with E-state index < -0.39 is 0 Å². The number of benzene rings is 1. The van der Waals surface area contributed by atoms with E-state index in [2.05, 4.69) is 10.3 Å². The smallest absolute Gasteiger partial charge is 0.264 e. The number of Topliss-reactive ketones (excluding diaryl/α,β-unsaturated/α-hetero) is 1. The first kappa shape index (κ1) is 15.3. The second-order valence-corrected chi connectivity index (χ2v) is 6.16. The monoisotopic (exact) mass is 325 g/mol. The molecule has 1 aliphatic rings. The number of nitrogens with one attached hydrogen (secondary N) is 1. The molecule has 0 unspecified atom stereocenters. The van der Waals surface area contributed by atoms with Crippen LogP contribution >= 0.6 is 11.8 Å². The average molecular weight is 325 g/mol. The van der Waals surface area contributed by atoms with Crippen molar-refractivity contribution in [1.82, 2.24) is 9.88 Å². The second kappa shape index (κ2) is 6.26. The number of ketones is 1. The summed E-state index contributed by atoms with van der Waals surface area (Å²) in [6, 6.07) is 10.8. The SMILES string of the molecule is CC(=O)c1ccc(N=C2NC(=O)/C(=C\c3cccn3C)S2)cc1. The Kier molecular flexibility index (Phi) is 4.16. The Morgan fingerprint density at radius 3 is 2.61 bits per heavy atom. The Labute approximate surface area is 138 Å². The number of aromatic nitrogens is 1. The summed E-state index contributed by atoms with van der Waals surface area (Å²) >= 11 is 1.30. The largest absolute Gasteiger partial charge is 0.351 e. The average Bonchev–Trinajstić information content (AvgIpc) is 3.07. The summed E-state index contributed by atoms with van der Waals surface area (Å²) in [6.45, 7) is 1.52. The van der Waals surface area contributed by atoms with Gasteiger partial charge >= 0.3 is 0 Å². The maximum absolute atomic E-state index is 12.0. The van der Waals surface area contributed by atoms with Crippen molar-refractivity contribution in [3.8, 4) is 0 Å². The Bertz CT molecular complexity index is 832. The molecule has 1 aliphatic heterocycles. The third-order valence-corrected chi connectivity index (χ3v) is 4.33. The molecule has 5 nitrogen and oxygen atoms in total. The summed E-state index contributed by atoms with van der Waals surface area (Å²) in [5.41, 5.74) is 2.29. The molecule has 0 aliphatic carbocycles. The molecule has 116 valence electrons. The molecule has 6 heteroatoms. The van der Waals surface area contributed by atoms with E-state index in [4.69, 9.17) is 0 Å². The van der Waals surface area contributed by atoms with Gasteiger partial charge in [-0.15, -0.1) is 0 Å². The molecular formula is C17H15N3O2S. The van der Waals surface area contributed by atoms with E-state index in [9.17, 15) is 9.59 Å². The molecule has 2 heterocycles. The van der Waals surface area contributed by atoms with Crippen LogP contribution in [0.5, 0.6) is 0 Å². The molecule has 1 amide bonds. The minimum absolute atomic E-state index is 0.0144. The van der Waals surface area contributed by atoms with Gasteiger partial charge in [0.1, 0.15) is 0 Å². The van der Waals surface area contributed by atoms with Crippen molar-refractivity contribution in [2.45, 2.75) is 6.92 Å². The molecule has 23 heavy (non-hydrogen) atoms. The normalized spacial score (nSPS) is 17.7. The summed E-state index contributed by atoms with van der Waals surface area (Å²) in [5.74, 6) is -0.143. The minimum Gasteiger partial charge on any atom is -0.351 e. The zero-order chi connectivity index (χ0) is 16.4. The van der Waals surface area contributed by atoms with Crippen LogP contribution in [0, 0.1) is 0 Å². The van der Waals surface area contributed by atoms with Crippen molar-refractivity contribution < 1.29 is 9.59 Å². The lowest BCUT2D eigenvalue weighted by Crippen LogP contribution is -2.19. The number of amides is 1. The van der Waals surface area contributed by atoms with Crippen LogP contribution in [0.15, 0.2) is 52.5 Å². The van der Waals surface area contributed by atoms with Gasteiger partial charge in [-0.1, -0.05) is 0 Å². The standard InChI is InChI=1S/C17H15N3O2S/c1-11(21)12-5-7-13(8-6-12)18-17-19-16(22)15(23-17)10-14-4-3-9-20(14)2/h3-10H,1-2H3,(H,18,19,22)/b15-10+. The predicted molar refractivity (Wildman–Crippen MR) is 92.7 cm³/mol. The minimum atomic E-state index is -0.157. The number of hydrogen-bond acceptors (Lipinski definition) is 4. The first-order valence-electron chi connectivity index (χ1n) is 7.05. The van der Waals surface area contributed by atoms with Crippen molar-refractivity contribution in [2.75, 3.05) is 0 Å². The fourth-order valence-electron chi connectivity index (χ4n) is 2.13. The van der Waals surface area contributed by atoms with Gasteiger partial charge < -0.3 is 9.88 Å². The molecule has 2 aromatic rings. The van der Waals surface area contributed by atoms with E-state index in [1.54, 1.807) is 24.3 Å². The highest BCUT2D eigenvalue weighted by molar-refractivity contribution is 8.18. The molecule has 0 spiro atoms. The second-order valence-electron chi connectivity index (χ2n) is 5.13. The molecule has 1 aromatic heterocycles. The molecule has 1 N–H and O–H groups in total. The third-order valence-electron chi connectivity index (χ3n) is 3.42. The van der Waals surface area contributed by atoms with E-state index in [0.29, 0.717) is 21.3 Å². The third kappa shape index (κ3) is 3.43. The van der Waals surface area contributed by atoms with Crippen molar-refractivity contribution >= 4 is 40.4 Å². The number of hydrogen-bond donors (Lipinski definition) is 1. The van der Waals surface area contributed by atoms with Crippen LogP contribution in [-0.4, -0.2) is 21.4 Å². The van der Waals surface area contributed by atoms with Gasteiger partial charge in [-0.05, 0) is 61.2 Å². The van der Waals surface area contributed by atoms with Gasteiger partial charge in [0.05, 0.1) is 10.6 Å². The molecular weight excluding hydrogens is 310 g/mol. The number of aryl methyl sites for hydroxylation is 1. The molecule has 1 saturated heterocycles. The van der Waals surface area contributed by atoms with Gasteiger partial charge in [-0.25, -0.2) is 4.99 Å². The maximum Gasteiger partial charge on any atom is 0.264 e. The number of amidine groups is 1. The molecule has 0 saturated carbocycles. The highest BCUT2D eigenvalue weighted by Crippen LogP contribution is 2.28. The highest BCUT2D eigenvalue weighted by atomic mass is 32.2. The van der Waals surface area contributed by atoms with Gasteiger partial charge in [0.2, 0.25) is 0 Å². The van der Waals surface area contributed by atoms with Crippen LogP contribution in [-0.2, 0) is 11.8 Å². The van der Waals surface area contributed by atoms with Crippen LogP contribution in [0.2, 0.25) is 0 Å². The first-order valence-corrected chi connectivity index (χ1v) is 7.86. The van der Waals surface area contributed by atoms with Crippen molar-refractivity contribution in [3.05, 3.63) is 58.8 Å². The van der Waals surface area contributed by atoms with Gasteiger partial charge in [0, 0.05) is 24.5 Å². The van der Waals surface area contributed by atoms with Crippen LogP contribution in [0.4, 0.5) is 5.69 Å². The maximum atomic E-state index is 12.0. The van der Waals surface area contributed by atoms with E-state index in [1.165, 1.54) is 18.7 Å². The molecule has 0 radical (unpaired) electrons. The van der Waals surface area contributed by atoms with Crippen LogP contribution in [0.1, 0.15) is 23.0 Å². The number of nitrogens with zero attached hydrogens (tertiary/aromatic N) is 2. The predicted octanol–water partition coefficient (Wildman–Crippen LogP) is 3.12. The lowest BCUT2D eigenvalue weighted by atomic mass is 10.1. The molecule has 1 aromatic carbocycles. The molecule has 3 rings (SSSR count). The Hall–Kier alpha value is -2.60. The van der Waals surface area contributed by atoms with Gasteiger partial charge in [0.25, 0.3) is 5.91 Å². The summed E-state index contributed by atoms with van der Waals surface area (Å²) in [7, 11) is 1.93. The molecule has 1 fully saturated rings. The van der Waals surface area contributed by atoms with Gasteiger partial charge in [-0.2, -0.15) is 0 Å². The Morgan fingerprint density at radius 2 is 2.00 bits per heavy atom. The molecule has 0 bridgehead atoms. The zero-order valence-electron chi connectivity index (χ0n) is 12.7. The van der Waals surface area contributed by atoms with E-state index in [0.717, 1.165) is 5.69 Å². The number of thioether (sulfide) groups is 1. The van der Waals surface area contributed by atoms with Crippen LogP contribution < -0.4 is 5.32 Å². The van der Waals surface area contributed by atoms with E-state index in [-0.39, 0.29) is 11.7 Å². The van der Waals surface area contributed by atoms with Crippen LogP contribution in [0.25, 0.3) is 6.08 Å². The topological polar surface area (TPSA) is 63.5 Å². The fourth-order valence-corrected chi connectivity index (χ4v) is 2.95. The zero-order valence-corrected chi connectivity index (χ0v) is 13.6. The van der Waals surface area contributed by atoms with Gasteiger partial charge in [-0.3, -0.25) is 9.59 Å². The molecule has 0 atom stereocenters. The Balaban J connectivity index is 1.80. The number of aliphatic imine (C=N–C) groups is 1. The van der Waals surface area contributed by atoms with Crippen molar-refractivity contribution in [1.29, 1.82) is 0 Å². The lowest BCUT2D eigenvalue weighted by molar-refractivity contribution is -0.115. The summed E-state index contributed by atoms with van der Waals surface area (Å²) in [5, 5.41) is 3.28. The highest BCUT2D eigenvalue weighted by Gasteiger charge is 2.24. The van der Waals surface area contributed by atoms with Gasteiger partial charge in [0.15, 0.2) is 11.0 Å². The van der Waals surface area contributed by atoms with Crippen LogP contribution in [0.3, 0.4) is 0 Å². The van der Waals surface area contributed by atoms with E-state index >= 15 is 0 Å². The number of carbonyl (C=O) groups is 2. The number of carbonyl (C=O) groups excluding carboxylic acids is 2. The van der Waals surface area contributed by atoms with Crippen molar-refractivity contribution in [3.63, 3.8) is 0 Å². The lowest BCUT2D eigenvalue weighted by Gasteiger charge is -1.98. The van der Waals surface area contributed by atoms with E-state index in [1.807, 2.05) is 36.0 Å².